The maximum Gasteiger partial charge on any atom is 0.319 e. The maximum absolute atomic E-state index is 11.4. The van der Waals surface area contributed by atoms with Crippen LogP contribution in [0.2, 0.25) is 0 Å². The fourth-order valence-corrected chi connectivity index (χ4v) is 1.62. The van der Waals surface area contributed by atoms with E-state index in [1.54, 1.807) is 6.07 Å². The molecule has 0 aliphatic heterocycles. The number of aliphatic carboxylic acids is 1. The van der Waals surface area contributed by atoms with Crippen molar-refractivity contribution in [3.63, 3.8) is 0 Å². The molecule has 1 aromatic rings. The third-order valence-electron chi connectivity index (χ3n) is 2.07. The molecular weight excluding hydrogens is 335 g/mol. The maximum atomic E-state index is 11.4. The molecule has 0 aromatic heterocycles. The van der Waals surface area contributed by atoms with E-state index in [1.165, 1.54) is 6.92 Å². The van der Waals surface area contributed by atoms with Gasteiger partial charge in [-0.2, -0.15) is 0 Å². The van der Waals surface area contributed by atoms with Gasteiger partial charge in [0.15, 0.2) is 0 Å². The molecule has 0 bridgehead atoms. The summed E-state index contributed by atoms with van der Waals surface area (Å²) in [6.45, 7) is 1.64. The average molecular weight is 348 g/mol. The molecule has 92 valence electrons. The van der Waals surface area contributed by atoms with Gasteiger partial charge in [-0.15, -0.1) is 0 Å². The lowest BCUT2D eigenvalue weighted by atomic mass is 10.2. The first-order valence-corrected chi connectivity index (χ1v) is 6.10. The molecule has 6 heteroatoms. The largest absolute Gasteiger partial charge is 0.481 e. The van der Waals surface area contributed by atoms with Crippen LogP contribution >= 0.6 is 22.6 Å². The molecule has 17 heavy (non-hydrogen) atoms. The lowest BCUT2D eigenvalue weighted by Gasteiger charge is -2.10. The van der Waals surface area contributed by atoms with Crippen LogP contribution in [-0.2, 0) is 4.79 Å². The van der Waals surface area contributed by atoms with Gasteiger partial charge in [0, 0.05) is 15.8 Å². The number of carbonyl (C=O) groups is 2. The predicted octanol–water partition coefficient (Wildman–Crippen LogP) is 2.13. The van der Waals surface area contributed by atoms with Gasteiger partial charge in [-0.25, -0.2) is 4.79 Å². The number of carboxylic acid groups (broad SMARTS) is 1. The highest BCUT2D eigenvalue weighted by Crippen LogP contribution is 2.11. The Morgan fingerprint density at radius 3 is 2.76 bits per heavy atom. The quantitative estimate of drug-likeness (QED) is 0.730. The monoisotopic (exact) mass is 348 g/mol. The van der Waals surface area contributed by atoms with Crippen molar-refractivity contribution in [1.82, 2.24) is 5.32 Å². The van der Waals surface area contributed by atoms with Crippen LogP contribution in [0.3, 0.4) is 0 Å². The number of urea groups is 1. The first kappa shape index (κ1) is 13.8. The summed E-state index contributed by atoms with van der Waals surface area (Å²) in [6.07, 6.45) is 0. The zero-order valence-electron chi connectivity index (χ0n) is 9.24. The highest BCUT2D eigenvalue weighted by Gasteiger charge is 2.11. The van der Waals surface area contributed by atoms with Gasteiger partial charge < -0.3 is 15.7 Å². The molecule has 0 radical (unpaired) electrons. The van der Waals surface area contributed by atoms with Gasteiger partial charge in [-0.1, -0.05) is 13.0 Å². The standard InChI is InChI=1S/C11H13IN2O3/c1-7(10(15)16)6-13-11(17)14-9-4-2-3-8(12)5-9/h2-5,7H,6H2,1H3,(H,15,16)(H2,13,14,17). The first-order valence-electron chi connectivity index (χ1n) is 5.02. The average Bonchev–Trinajstić information content (AvgIpc) is 2.25. The molecule has 5 nitrogen and oxygen atoms in total. The first-order chi connectivity index (χ1) is 7.99. The highest BCUT2D eigenvalue weighted by molar-refractivity contribution is 14.1. The number of amides is 2. The minimum Gasteiger partial charge on any atom is -0.481 e. The van der Waals surface area contributed by atoms with E-state index in [0.717, 1.165) is 3.57 Å². The Hall–Kier alpha value is -1.31. The van der Waals surface area contributed by atoms with E-state index in [2.05, 4.69) is 33.2 Å². The van der Waals surface area contributed by atoms with Crippen LogP contribution < -0.4 is 10.6 Å². The number of anilines is 1. The Kier molecular flexibility index (Phi) is 5.20. The number of hydrogen-bond donors (Lipinski definition) is 3. The van der Waals surface area contributed by atoms with Crippen LogP contribution in [0.4, 0.5) is 10.5 Å². The summed E-state index contributed by atoms with van der Waals surface area (Å²) in [6, 6.07) is 6.93. The van der Waals surface area contributed by atoms with Crippen molar-refractivity contribution >= 4 is 40.3 Å². The number of nitrogens with one attached hydrogen (secondary N) is 2. The topological polar surface area (TPSA) is 78.4 Å². The van der Waals surface area contributed by atoms with E-state index < -0.39 is 17.9 Å². The van der Waals surface area contributed by atoms with Crippen molar-refractivity contribution in [2.24, 2.45) is 5.92 Å². The molecule has 0 spiro atoms. The zero-order chi connectivity index (χ0) is 12.8. The minimum atomic E-state index is -0.931. The molecular formula is C11H13IN2O3. The third kappa shape index (κ3) is 5.03. The Balaban J connectivity index is 2.42. The van der Waals surface area contributed by atoms with E-state index in [0.29, 0.717) is 5.69 Å². The second-order valence-electron chi connectivity index (χ2n) is 3.58. The number of rotatable bonds is 4. The summed E-state index contributed by atoms with van der Waals surface area (Å²) in [4.78, 5) is 22.0. The lowest BCUT2D eigenvalue weighted by Crippen LogP contribution is -2.34. The van der Waals surface area contributed by atoms with Crippen molar-refractivity contribution in [2.45, 2.75) is 6.92 Å². The molecule has 0 fully saturated rings. The third-order valence-corrected chi connectivity index (χ3v) is 2.74. The minimum absolute atomic E-state index is 0.102. The Bertz CT molecular complexity index is 423. The lowest BCUT2D eigenvalue weighted by molar-refractivity contribution is -0.140. The summed E-state index contributed by atoms with van der Waals surface area (Å²) in [5, 5.41) is 13.8. The van der Waals surface area contributed by atoms with Gasteiger partial charge in [0.1, 0.15) is 0 Å². The van der Waals surface area contributed by atoms with Gasteiger partial charge in [0.25, 0.3) is 0 Å². The van der Waals surface area contributed by atoms with Crippen molar-refractivity contribution in [3.8, 4) is 0 Å². The molecule has 1 atom stereocenters. The Morgan fingerprint density at radius 1 is 1.47 bits per heavy atom. The summed E-state index contributed by atoms with van der Waals surface area (Å²) < 4.78 is 1.01. The molecule has 3 N–H and O–H groups in total. The summed E-state index contributed by atoms with van der Waals surface area (Å²) in [5.74, 6) is -1.53. The fourth-order valence-electron chi connectivity index (χ4n) is 1.07. The van der Waals surface area contributed by atoms with Gasteiger partial charge in [0.05, 0.1) is 5.92 Å². The molecule has 1 unspecified atom stereocenters. The molecule has 2 amide bonds. The van der Waals surface area contributed by atoms with Crippen LogP contribution in [0, 0.1) is 9.49 Å². The smallest absolute Gasteiger partial charge is 0.319 e. The fraction of sp³-hybridized carbons (Fsp3) is 0.273. The zero-order valence-corrected chi connectivity index (χ0v) is 11.4. The number of halogens is 1. The Labute approximate surface area is 113 Å². The van der Waals surface area contributed by atoms with Crippen LogP contribution in [0.25, 0.3) is 0 Å². The van der Waals surface area contributed by atoms with Crippen LogP contribution in [0.1, 0.15) is 6.92 Å². The van der Waals surface area contributed by atoms with E-state index in [4.69, 9.17) is 5.11 Å². The second-order valence-corrected chi connectivity index (χ2v) is 4.83. The van der Waals surface area contributed by atoms with Gasteiger partial charge in [-0.3, -0.25) is 4.79 Å². The number of carboxylic acids is 1. The van der Waals surface area contributed by atoms with Gasteiger partial charge >= 0.3 is 12.0 Å². The van der Waals surface area contributed by atoms with Gasteiger partial charge in [0.2, 0.25) is 0 Å². The molecule has 0 saturated carbocycles. The van der Waals surface area contributed by atoms with E-state index in [9.17, 15) is 9.59 Å². The SMILES string of the molecule is CC(CNC(=O)Nc1cccc(I)c1)C(=O)O. The molecule has 0 heterocycles. The molecule has 0 aliphatic carbocycles. The van der Waals surface area contributed by atoms with Crippen molar-refractivity contribution < 1.29 is 14.7 Å². The van der Waals surface area contributed by atoms with Crippen LogP contribution in [0.15, 0.2) is 24.3 Å². The molecule has 1 aromatic carbocycles. The number of carbonyl (C=O) groups excluding carboxylic acids is 1. The highest BCUT2D eigenvalue weighted by atomic mass is 127. The molecule has 1 rings (SSSR count). The Morgan fingerprint density at radius 2 is 2.18 bits per heavy atom. The number of benzene rings is 1. The molecule has 0 saturated heterocycles. The summed E-state index contributed by atoms with van der Waals surface area (Å²) in [5.41, 5.74) is 0.678. The van der Waals surface area contributed by atoms with Crippen molar-refractivity contribution in [3.05, 3.63) is 27.8 Å². The van der Waals surface area contributed by atoms with Crippen molar-refractivity contribution in [1.29, 1.82) is 0 Å². The van der Waals surface area contributed by atoms with Crippen molar-refractivity contribution in [2.75, 3.05) is 11.9 Å². The van der Waals surface area contributed by atoms with E-state index in [-0.39, 0.29) is 6.54 Å². The van der Waals surface area contributed by atoms with Gasteiger partial charge in [-0.05, 0) is 40.8 Å². The summed E-state index contributed by atoms with van der Waals surface area (Å²) in [7, 11) is 0. The molecule has 0 aliphatic rings. The van der Waals surface area contributed by atoms with Crippen LogP contribution in [0.5, 0.6) is 0 Å². The van der Waals surface area contributed by atoms with Crippen LogP contribution in [-0.4, -0.2) is 23.7 Å². The van der Waals surface area contributed by atoms with E-state index >= 15 is 0 Å². The van der Waals surface area contributed by atoms with E-state index in [1.807, 2.05) is 18.2 Å². The number of hydrogen-bond acceptors (Lipinski definition) is 2. The second kappa shape index (κ2) is 6.43. The predicted molar refractivity (Wildman–Crippen MR) is 73.0 cm³/mol. The normalized spacial score (nSPS) is 11.6. The summed E-state index contributed by atoms with van der Waals surface area (Å²) >= 11 is 2.14.